The normalized spacial score (nSPS) is 29.4. The Labute approximate surface area is 98.5 Å². The van der Waals surface area contributed by atoms with Gasteiger partial charge in [-0.3, -0.25) is 0 Å². The first-order valence-electron chi connectivity index (χ1n) is 6.72. The fourth-order valence-electron chi connectivity index (χ4n) is 3.20. The molecule has 1 aliphatic carbocycles. The summed E-state index contributed by atoms with van der Waals surface area (Å²) >= 11 is 0. The molecule has 94 valence electrons. The second-order valence-electron chi connectivity index (χ2n) is 5.79. The molecule has 2 N–H and O–H groups in total. The zero-order valence-electron chi connectivity index (χ0n) is 10.4. The quantitative estimate of drug-likeness (QED) is 0.765. The van der Waals surface area contributed by atoms with Gasteiger partial charge in [-0.25, -0.2) is 0 Å². The molecular formula is C13H25NO2. The maximum atomic E-state index is 10.3. The second kappa shape index (κ2) is 5.03. The van der Waals surface area contributed by atoms with E-state index in [9.17, 15) is 10.2 Å². The van der Waals surface area contributed by atoms with Crippen LogP contribution in [-0.2, 0) is 0 Å². The van der Waals surface area contributed by atoms with Gasteiger partial charge in [0, 0.05) is 6.54 Å². The third-order valence-corrected chi connectivity index (χ3v) is 4.37. The van der Waals surface area contributed by atoms with Crippen molar-refractivity contribution < 1.29 is 10.2 Å². The van der Waals surface area contributed by atoms with Crippen LogP contribution in [0.4, 0.5) is 0 Å². The summed E-state index contributed by atoms with van der Waals surface area (Å²) in [4.78, 5) is 2.38. The van der Waals surface area contributed by atoms with Crippen LogP contribution in [0.5, 0.6) is 0 Å². The minimum atomic E-state index is -0.405. The number of β-amino-alcohol motifs (C(OH)–C–C–N with tert-alkyl or cyclic N) is 1. The van der Waals surface area contributed by atoms with Gasteiger partial charge in [0.05, 0.1) is 11.7 Å². The molecule has 2 rings (SSSR count). The highest BCUT2D eigenvalue weighted by Crippen LogP contribution is 2.31. The van der Waals surface area contributed by atoms with Crippen molar-refractivity contribution in [3.8, 4) is 0 Å². The van der Waals surface area contributed by atoms with Crippen LogP contribution < -0.4 is 0 Å². The molecule has 0 radical (unpaired) electrons. The highest BCUT2D eigenvalue weighted by atomic mass is 16.3. The third kappa shape index (κ3) is 2.96. The van der Waals surface area contributed by atoms with Gasteiger partial charge < -0.3 is 15.1 Å². The largest absolute Gasteiger partial charge is 0.393 e. The van der Waals surface area contributed by atoms with Gasteiger partial charge in [0.15, 0.2) is 0 Å². The molecule has 1 aliphatic heterocycles. The summed E-state index contributed by atoms with van der Waals surface area (Å²) < 4.78 is 0. The summed E-state index contributed by atoms with van der Waals surface area (Å²) in [6.45, 7) is 4.82. The molecule has 16 heavy (non-hydrogen) atoms. The molecule has 1 saturated carbocycles. The Hall–Kier alpha value is -0.120. The van der Waals surface area contributed by atoms with Crippen LogP contribution in [0.15, 0.2) is 0 Å². The number of rotatable bonds is 3. The molecule has 2 aliphatic rings. The Kier molecular flexibility index (Phi) is 3.88. The standard InChI is InChI=1S/C13H25NO2/c1-11(15)12-4-8-14(9-5-12)10-13(16)6-2-3-7-13/h11-12,15-16H,2-10H2,1H3. The third-order valence-electron chi connectivity index (χ3n) is 4.37. The molecule has 1 saturated heterocycles. The first kappa shape index (κ1) is 12.3. The fourth-order valence-corrected chi connectivity index (χ4v) is 3.20. The van der Waals surface area contributed by atoms with Crippen LogP contribution >= 0.6 is 0 Å². The van der Waals surface area contributed by atoms with Gasteiger partial charge in [-0.05, 0) is 51.6 Å². The van der Waals surface area contributed by atoms with Gasteiger partial charge in [0.2, 0.25) is 0 Å². The van der Waals surface area contributed by atoms with E-state index in [0.29, 0.717) is 5.92 Å². The summed E-state index contributed by atoms with van der Waals surface area (Å²) in [5.41, 5.74) is -0.405. The smallest absolute Gasteiger partial charge is 0.0774 e. The van der Waals surface area contributed by atoms with E-state index < -0.39 is 5.60 Å². The van der Waals surface area contributed by atoms with Crippen LogP contribution in [0.25, 0.3) is 0 Å². The first-order chi connectivity index (χ1) is 7.59. The van der Waals surface area contributed by atoms with Crippen molar-refractivity contribution >= 4 is 0 Å². The average Bonchev–Trinajstić information content (AvgIpc) is 2.65. The lowest BCUT2D eigenvalue weighted by Gasteiger charge is -2.37. The lowest BCUT2D eigenvalue weighted by molar-refractivity contribution is -0.00858. The molecule has 2 fully saturated rings. The van der Waals surface area contributed by atoms with Crippen molar-refractivity contribution in [1.29, 1.82) is 0 Å². The van der Waals surface area contributed by atoms with Crippen LogP contribution in [-0.4, -0.2) is 46.5 Å². The molecule has 0 aromatic carbocycles. The lowest BCUT2D eigenvalue weighted by atomic mass is 9.91. The molecule has 0 bridgehead atoms. The Morgan fingerprint density at radius 1 is 1.25 bits per heavy atom. The van der Waals surface area contributed by atoms with Crippen LogP contribution in [0.1, 0.15) is 45.4 Å². The van der Waals surface area contributed by atoms with Gasteiger partial charge in [-0.2, -0.15) is 0 Å². The minimum absolute atomic E-state index is 0.170. The predicted octanol–water partition coefficient (Wildman–Crippen LogP) is 1.38. The van der Waals surface area contributed by atoms with Gasteiger partial charge in [0.1, 0.15) is 0 Å². The van der Waals surface area contributed by atoms with Crippen molar-refractivity contribution in [1.82, 2.24) is 4.90 Å². The van der Waals surface area contributed by atoms with Gasteiger partial charge in [-0.1, -0.05) is 12.8 Å². The molecule has 1 atom stereocenters. The monoisotopic (exact) mass is 227 g/mol. The molecule has 3 nitrogen and oxygen atoms in total. The number of aliphatic hydroxyl groups is 2. The molecule has 3 heteroatoms. The number of hydrogen-bond donors (Lipinski definition) is 2. The number of nitrogens with zero attached hydrogens (tertiary/aromatic N) is 1. The van der Waals surface area contributed by atoms with Crippen LogP contribution in [0, 0.1) is 5.92 Å². The lowest BCUT2D eigenvalue weighted by Crippen LogP contribution is -2.45. The summed E-state index contributed by atoms with van der Waals surface area (Å²) in [6, 6.07) is 0. The maximum absolute atomic E-state index is 10.3. The van der Waals surface area contributed by atoms with Gasteiger partial charge in [-0.15, -0.1) is 0 Å². The Balaban J connectivity index is 1.76. The second-order valence-corrected chi connectivity index (χ2v) is 5.79. The van der Waals surface area contributed by atoms with E-state index in [-0.39, 0.29) is 6.10 Å². The number of likely N-dealkylation sites (tertiary alicyclic amines) is 1. The van der Waals surface area contributed by atoms with Crippen molar-refractivity contribution in [2.24, 2.45) is 5.92 Å². The van der Waals surface area contributed by atoms with E-state index in [4.69, 9.17) is 0 Å². The van der Waals surface area contributed by atoms with Crippen LogP contribution in [0.3, 0.4) is 0 Å². The van der Waals surface area contributed by atoms with Crippen molar-refractivity contribution in [3.63, 3.8) is 0 Å². The van der Waals surface area contributed by atoms with Gasteiger partial charge >= 0.3 is 0 Å². The highest BCUT2D eigenvalue weighted by Gasteiger charge is 2.34. The van der Waals surface area contributed by atoms with Crippen molar-refractivity contribution in [2.75, 3.05) is 19.6 Å². The molecule has 1 unspecified atom stereocenters. The number of aliphatic hydroxyl groups excluding tert-OH is 1. The zero-order chi connectivity index (χ0) is 11.6. The van der Waals surface area contributed by atoms with Crippen LogP contribution in [0.2, 0.25) is 0 Å². The summed E-state index contributed by atoms with van der Waals surface area (Å²) in [7, 11) is 0. The maximum Gasteiger partial charge on any atom is 0.0774 e. The van der Waals surface area contributed by atoms with E-state index in [2.05, 4.69) is 4.90 Å². The molecule has 0 aromatic rings. The van der Waals surface area contributed by atoms with Crippen molar-refractivity contribution in [2.45, 2.75) is 57.2 Å². The minimum Gasteiger partial charge on any atom is -0.393 e. The van der Waals surface area contributed by atoms with Gasteiger partial charge in [0.25, 0.3) is 0 Å². The predicted molar refractivity (Wildman–Crippen MR) is 64.3 cm³/mol. The molecular weight excluding hydrogens is 202 g/mol. The van der Waals surface area contributed by atoms with E-state index >= 15 is 0 Å². The molecule has 0 spiro atoms. The summed E-state index contributed by atoms with van der Waals surface area (Å²) in [6.07, 6.45) is 6.30. The van der Waals surface area contributed by atoms with E-state index in [1.807, 2.05) is 6.92 Å². The molecule has 0 amide bonds. The molecule has 0 aromatic heterocycles. The Morgan fingerprint density at radius 3 is 2.31 bits per heavy atom. The van der Waals surface area contributed by atoms with E-state index in [1.54, 1.807) is 0 Å². The Morgan fingerprint density at radius 2 is 1.81 bits per heavy atom. The average molecular weight is 227 g/mol. The number of hydrogen-bond acceptors (Lipinski definition) is 3. The fraction of sp³-hybridized carbons (Fsp3) is 1.00. The van der Waals surface area contributed by atoms with E-state index in [1.165, 1.54) is 12.8 Å². The number of piperidine rings is 1. The van der Waals surface area contributed by atoms with Crippen molar-refractivity contribution in [3.05, 3.63) is 0 Å². The topological polar surface area (TPSA) is 43.7 Å². The highest BCUT2D eigenvalue weighted by molar-refractivity contribution is 4.88. The zero-order valence-corrected chi connectivity index (χ0v) is 10.4. The summed E-state index contributed by atoms with van der Waals surface area (Å²) in [5, 5.41) is 19.9. The molecule has 1 heterocycles. The SMILES string of the molecule is CC(O)C1CCN(CC2(O)CCCC2)CC1. The summed E-state index contributed by atoms with van der Waals surface area (Å²) in [5.74, 6) is 0.467. The van der Waals surface area contributed by atoms with E-state index in [0.717, 1.165) is 45.3 Å². The Bertz CT molecular complexity index is 216. The first-order valence-corrected chi connectivity index (χ1v) is 6.72.